The molecule has 1 aliphatic carbocycles. The Labute approximate surface area is 134 Å². The third-order valence-electron chi connectivity index (χ3n) is 5.03. The number of halogens is 1. The average Bonchev–Trinajstić information content (AvgIpc) is 2.97. The van der Waals surface area contributed by atoms with Gasteiger partial charge in [-0.3, -0.25) is 4.90 Å². The van der Waals surface area contributed by atoms with Gasteiger partial charge in [-0.25, -0.2) is 9.97 Å². The van der Waals surface area contributed by atoms with Gasteiger partial charge in [0.1, 0.15) is 15.8 Å². The molecule has 2 aliphatic rings. The Morgan fingerprint density at radius 3 is 3.00 bits per heavy atom. The fourth-order valence-electron chi connectivity index (χ4n) is 4.04. The Balaban J connectivity index is 1.58. The number of nitrogens with zero attached hydrogens (tertiary/aromatic N) is 3. The minimum absolute atomic E-state index is 0.605. The van der Waals surface area contributed by atoms with Gasteiger partial charge in [-0.15, -0.1) is 11.3 Å². The quantitative estimate of drug-likeness (QED) is 0.763. The number of hydrogen-bond donors (Lipinski definition) is 0. The zero-order valence-electron chi connectivity index (χ0n) is 12.1. The van der Waals surface area contributed by atoms with Gasteiger partial charge in [0.2, 0.25) is 0 Å². The first-order chi connectivity index (χ1) is 10.3. The van der Waals surface area contributed by atoms with Gasteiger partial charge in [0.25, 0.3) is 0 Å². The molecule has 0 aromatic carbocycles. The SMILES string of the molecule is Clc1nc(CN2CCC[C@H]3CCCC[C@H]32)nc2sccc12. The number of fused-ring (bicyclic) bond motifs is 2. The molecule has 2 atom stereocenters. The van der Waals surface area contributed by atoms with Gasteiger partial charge in [-0.1, -0.05) is 24.4 Å². The van der Waals surface area contributed by atoms with E-state index in [0.717, 1.165) is 34.5 Å². The molecular weight excluding hydrogens is 302 g/mol. The van der Waals surface area contributed by atoms with E-state index in [0.29, 0.717) is 5.15 Å². The number of aromatic nitrogens is 2. The second-order valence-electron chi connectivity index (χ2n) is 6.29. The van der Waals surface area contributed by atoms with Crippen molar-refractivity contribution in [1.29, 1.82) is 0 Å². The number of thiophene rings is 1. The monoisotopic (exact) mass is 321 g/mol. The van der Waals surface area contributed by atoms with E-state index >= 15 is 0 Å². The first-order valence-corrected chi connectivity index (χ1v) is 9.21. The zero-order chi connectivity index (χ0) is 14.2. The molecule has 1 saturated heterocycles. The van der Waals surface area contributed by atoms with Crippen LogP contribution in [0.4, 0.5) is 0 Å². The predicted molar refractivity (Wildman–Crippen MR) is 87.8 cm³/mol. The zero-order valence-corrected chi connectivity index (χ0v) is 13.7. The minimum atomic E-state index is 0.605. The van der Waals surface area contributed by atoms with Gasteiger partial charge in [0.15, 0.2) is 0 Å². The van der Waals surface area contributed by atoms with Gasteiger partial charge in [0.05, 0.1) is 6.54 Å². The van der Waals surface area contributed by atoms with Crippen molar-refractivity contribution < 1.29 is 0 Å². The topological polar surface area (TPSA) is 29.0 Å². The molecular formula is C16H20ClN3S. The van der Waals surface area contributed by atoms with Gasteiger partial charge in [0, 0.05) is 11.4 Å². The lowest BCUT2D eigenvalue weighted by atomic mass is 9.78. The number of rotatable bonds is 2. The maximum Gasteiger partial charge on any atom is 0.145 e. The van der Waals surface area contributed by atoms with E-state index in [-0.39, 0.29) is 0 Å². The lowest BCUT2D eigenvalue weighted by Crippen LogP contribution is -2.46. The molecule has 2 aromatic heterocycles. The maximum atomic E-state index is 6.30. The lowest BCUT2D eigenvalue weighted by Gasteiger charge is -2.43. The molecule has 112 valence electrons. The molecule has 2 aromatic rings. The van der Waals surface area contributed by atoms with E-state index in [4.69, 9.17) is 16.6 Å². The summed E-state index contributed by atoms with van der Waals surface area (Å²) >= 11 is 7.94. The van der Waals surface area contributed by atoms with Crippen LogP contribution in [0.2, 0.25) is 5.15 Å². The molecule has 0 amide bonds. The summed E-state index contributed by atoms with van der Waals surface area (Å²) < 4.78 is 0. The fraction of sp³-hybridized carbons (Fsp3) is 0.625. The smallest absolute Gasteiger partial charge is 0.145 e. The largest absolute Gasteiger partial charge is 0.293 e. The van der Waals surface area contributed by atoms with E-state index in [1.807, 2.05) is 11.4 Å². The highest BCUT2D eigenvalue weighted by atomic mass is 35.5. The fourth-order valence-corrected chi connectivity index (χ4v) is 5.13. The molecule has 2 fully saturated rings. The molecule has 1 aliphatic heterocycles. The molecule has 0 unspecified atom stereocenters. The molecule has 0 spiro atoms. The summed E-state index contributed by atoms with van der Waals surface area (Å²) in [4.78, 5) is 12.9. The molecule has 0 N–H and O–H groups in total. The van der Waals surface area contributed by atoms with E-state index in [1.54, 1.807) is 11.3 Å². The molecule has 5 heteroatoms. The Morgan fingerprint density at radius 1 is 1.19 bits per heavy atom. The van der Waals surface area contributed by atoms with Gasteiger partial charge < -0.3 is 0 Å². The van der Waals surface area contributed by atoms with Crippen molar-refractivity contribution in [1.82, 2.24) is 14.9 Å². The first-order valence-electron chi connectivity index (χ1n) is 7.95. The predicted octanol–water partition coefficient (Wildman–Crippen LogP) is 4.50. The van der Waals surface area contributed by atoms with Crippen LogP contribution in [0, 0.1) is 5.92 Å². The van der Waals surface area contributed by atoms with E-state index in [2.05, 4.69) is 9.88 Å². The van der Waals surface area contributed by atoms with Crippen LogP contribution in [0.3, 0.4) is 0 Å². The Kier molecular flexibility index (Phi) is 3.86. The molecule has 3 heterocycles. The lowest BCUT2D eigenvalue weighted by molar-refractivity contribution is 0.0528. The van der Waals surface area contributed by atoms with Crippen molar-refractivity contribution in [2.24, 2.45) is 5.92 Å². The molecule has 4 rings (SSSR count). The number of piperidine rings is 1. The van der Waals surface area contributed by atoms with Crippen molar-refractivity contribution >= 4 is 33.2 Å². The van der Waals surface area contributed by atoms with Crippen LogP contribution in [-0.4, -0.2) is 27.5 Å². The number of likely N-dealkylation sites (tertiary alicyclic amines) is 1. The van der Waals surface area contributed by atoms with E-state index in [1.165, 1.54) is 45.1 Å². The molecule has 0 bridgehead atoms. The van der Waals surface area contributed by atoms with E-state index < -0.39 is 0 Å². The maximum absolute atomic E-state index is 6.30. The van der Waals surface area contributed by atoms with Gasteiger partial charge in [-0.2, -0.15) is 0 Å². The summed E-state index contributed by atoms with van der Waals surface area (Å²) in [6.07, 6.45) is 8.27. The molecule has 1 saturated carbocycles. The third-order valence-corrected chi connectivity index (χ3v) is 6.12. The standard InChI is InChI=1S/C16H20ClN3S/c17-15-12-7-9-21-16(12)19-14(18-15)10-20-8-3-5-11-4-1-2-6-13(11)20/h7,9,11,13H,1-6,8,10H2/t11-,13-/m1/s1. The molecule has 0 radical (unpaired) electrons. The highest BCUT2D eigenvalue weighted by Gasteiger charge is 2.33. The minimum Gasteiger partial charge on any atom is -0.293 e. The highest BCUT2D eigenvalue weighted by Crippen LogP contribution is 2.36. The second kappa shape index (κ2) is 5.82. The van der Waals surface area contributed by atoms with E-state index in [9.17, 15) is 0 Å². The van der Waals surface area contributed by atoms with Crippen LogP contribution < -0.4 is 0 Å². The Hall–Kier alpha value is -0.710. The van der Waals surface area contributed by atoms with Crippen molar-refractivity contribution in [2.45, 2.75) is 51.1 Å². The van der Waals surface area contributed by atoms with Crippen molar-refractivity contribution in [3.63, 3.8) is 0 Å². The van der Waals surface area contributed by atoms with Crippen LogP contribution in [-0.2, 0) is 6.54 Å². The van der Waals surface area contributed by atoms with Gasteiger partial charge in [-0.05, 0) is 49.6 Å². The summed E-state index contributed by atoms with van der Waals surface area (Å²) in [6, 6.07) is 2.75. The Bertz CT molecular complexity index is 639. The molecule has 3 nitrogen and oxygen atoms in total. The summed E-state index contributed by atoms with van der Waals surface area (Å²) in [7, 11) is 0. The van der Waals surface area contributed by atoms with Crippen LogP contribution in [0.25, 0.3) is 10.2 Å². The number of hydrogen-bond acceptors (Lipinski definition) is 4. The van der Waals surface area contributed by atoms with Crippen LogP contribution in [0.1, 0.15) is 44.3 Å². The summed E-state index contributed by atoms with van der Waals surface area (Å²) in [5.41, 5.74) is 0. The Morgan fingerprint density at radius 2 is 2.05 bits per heavy atom. The van der Waals surface area contributed by atoms with Crippen molar-refractivity contribution in [3.8, 4) is 0 Å². The van der Waals surface area contributed by atoms with Crippen molar-refractivity contribution in [3.05, 3.63) is 22.4 Å². The first kappa shape index (κ1) is 13.9. The average molecular weight is 322 g/mol. The van der Waals surface area contributed by atoms with Crippen LogP contribution >= 0.6 is 22.9 Å². The van der Waals surface area contributed by atoms with Crippen molar-refractivity contribution in [2.75, 3.05) is 6.54 Å². The second-order valence-corrected chi connectivity index (χ2v) is 7.55. The molecule has 21 heavy (non-hydrogen) atoms. The van der Waals surface area contributed by atoms with Crippen LogP contribution in [0.5, 0.6) is 0 Å². The van der Waals surface area contributed by atoms with Gasteiger partial charge >= 0.3 is 0 Å². The van der Waals surface area contributed by atoms with Crippen LogP contribution in [0.15, 0.2) is 11.4 Å². The summed E-state index contributed by atoms with van der Waals surface area (Å²) in [5.74, 6) is 1.79. The normalized spacial score (nSPS) is 26.9. The summed E-state index contributed by atoms with van der Waals surface area (Å²) in [5, 5.41) is 3.63. The third kappa shape index (κ3) is 2.69. The summed E-state index contributed by atoms with van der Waals surface area (Å²) in [6.45, 7) is 2.04. The highest BCUT2D eigenvalue weighted by molar-refractivity contribution is 7.16.